The van der Waals surface area contributed by atoms with Crippen LogP contribution in [0.4, 0.5) is 5.69 Å². The van der Waals surface area contributed by atoms with Gasteiger partial charge in [-0.2, -0.15) is 0 Å². The van der Waals surface area contributed by atoms with E-state index in [0.717, 1.165) is 32.4 Å². The first-order valence-corrected chi connectivity index (χ1v) is 9.89. The molecule has 0 saturated heterocycles. The molecule has 0 spiro atoms. The minimum Gasteiger partial charge on any atom is -0.370 e. The average molecular weight is 358 g/mol. The number of pyridine rings is 1. The minimum absolute atomic E-state index is 0.661. The zero-order valence-electron chi connectivity index (χ0n) is 16.0. The predicted molar refractivity (Wildman–Crippen MR) is 115 cm³/mol. The van der Waals surface area contributed by atoms with Crippen molar-refractivity contribution in [3.63, 3.8) is 0 Å². The molecular formula is C24H27N3. The maximum atomic E-state index is 5.86. The highest BCUT2D eigenvalue weighted by molar-refractivity contribution is 5.91. The molecule has 1 heterocycles. The molecule has 0 atom stereocenters. The lowest BCUT2D eigenvalue weighted by Gasteiger charge is -2.26. The summed E-state index contributed by atoms with van der Waals surface area (Å²) in [6.45, 7) is 4.76. The zero-order valence-corrected chi connectivity index (χ0v) is 16.0. The number of rotatable bonds is 7. The summed E-state index contributed by atoms with van der Waals surface area (Å²) in [7, 11) is 0. The molecule has 0 bridgehead atoms. The molecule has 2 aliphatic rings. The van der Waals surface area contributed by atoms with Gasteiger partial charge in [-0.3, -0.25) is 4.98 Å². The summed E-state index contributed by atoms with van der Waals surface area (Å²) in [5.41, 5.74) is 15.3. The summed E-state index contributed by atoms with van der Waals surface area (Å²) in [5.74, 6) is 0. The van der Waals surface area contributed by atoms with E-state index in [4.69, 9.17) is 5.73 Å². The fraction of sp³-hybridized carbons (Fsp3) is 0.292. The van der Waals surface area contributed by atoms with Gasteiger partial charge in [-0.15, -0.1) is 0 Å². The van der Waals surface area contributed by atoms with Crippen molar-refractivity contribution in [2.75, 3.05) is 24.5 Å². The monoisotopic (exact) mass is 357 g/mol. The Kier molecular flexibility index (Phi) is 5.21. The Balaban J connectivity index is 1.58. The van der Waals surface area contributed by atoms with Crippen molar-refractivity contribution >= 4 is 16.8 Å². The molecule has 0 amide bonds. The fourth-order valence-electron chi connectivity index (χ4n) is 4.17. The number of allylic oxidation sites excluding steroid dienone is 6. The first-order valence-electron chi connectivity index (χ1n) is 9.89. The van der Waals surface area contributed by atoms with E-state index in [0.29, 0.717) is 6.54 Å². The molecule has 2 N–H and O–H groups in total. The number of hydrogen-bond donors (Lipinski definition) is 1. The molecule has 2 aromatic rings. The van der Waals surface area contributed by atoms with Crippen LogP contribution in [0.3, 0.4) is 0 Å². The average Bonchev–Trinajstić information content (AvgIpc) is 3.35. The maximum absolute atomic E-state index is 5.86. The number of anilines is 1. The third kappa shape index (κ3) is 3.47. The Hall–Kier alpha value is -2.65. The number of benzene rings is 1. The van der Waals surface area contributed by atoms with E-state index < -0.39 is 0 Å². The summed E-state index contributed by atoms with van der Waals surface area (Å²) in [4.78, 5) is 6.80. The van der Waals surface area contributed by atoms with Gasteiger partial charge in [0, 0.05) is 43.3 Å². The first kappa shape index (κ1) is 17.7. The van der Waals surface area contributed by atoms with Crippen LogP contribution in [0.2, 0.25) is 0 Å². The molecule has 0 radical (unpaired) electrons. The molecule has 138 valence electrons. The van der Waals surface area contributed by atoms with Crippen LogP contribution in [0.5, 0.6) is 0 Å². The third-order valence-corrected chi connectivity index (χ3v) is 5.42. The van der Waals surface area contributed by atoms with Crippen LogP contribution in [0, 0.1) is 0 Å². The molecule has 3 nitrogen and oxygen atoms in total. The van der Waals surface area contributed by atoms with Crippen LogP contribution < -0.4 is 10.6 Å². The number of aromatic nitrogens is 1. The largest absolute Gasteiger partial charge is 0.370 e. The van der Waals surface area contributed by atoms with Gasteiger partial charge in [0.15, 0.2) is 0 Å². The zero-order chi connectivity index (χ0) is 18.6. The Morgan fingerprint density at radius 1 is 1.04 bits per heavy atom. The lowest BCUT2D eigenvalue weighted by Crippen LogP contribution is -2.30. The Morgan fingerprint density at radius 2 is 1.89 bits per heavy atom. The molecule has 0 aliphatic heterocycles. The van der Waals surface area contributed by atoms with Gasteiger partial charge in [0.1, 0.15) is 0 Å². The van der Waals surface area contributed by atoms with Crippen molar-refractivity contribution in [1.82, 2.24) is 4.98 Å². The normalized spacial score (nSPS) is 15.3. The second-order valence-electron chi connectivity index (χ2n) is 7.21. The molecule has 27 heavy (non-hydrogen) atoms. The second-order valence-corrected chi connectivity index (χ2v) is 7.21. The van der Waals surface area contributed by atoms with Crippen LogP contribution in [-0.4, -0.2) is 24.6 Å². The van der Waals surface area contributed by atoms with E-state index in [1.165, 1.54) is 39.1 Å². The van der Waals surface area contributed by atoms with Crippen molar-refractivity contribution in [3.05, 3.63) is 83.2 Å². The standard InChI is InChI=1S/C24H27N3/c1-2-14-27(15-12-25)24-11-13-26-17-23(24)20-8-7-19(16-20)22-10-9-18-5-3-4-6-21(18)22/h3-8,10-11,13,17H,2,9,12,14-16,25H2,1H3. The summed E-state index contributed by atoms with van der Waals surface area (Å²) >= 11 is 0. The fourth-order valence-corrected chi connectivity index (χ4v) is 4.17. The van der Waals surface area contributed by atoms with E-state index in [1.54, 1.807) is 0 Å². The predicted octanol–water partition coefficient (Wildman–Crippen LogP) is 4.61. The highest BCUT2D eigenvalue weighted by Gasteiger charge is 2.22. The quantitative estimate of drug-likeness (QED) is 0.787. The van der Waals surface area contributed by atoms with Crippen LogP contribution in [-0.2, 0) is 6.42 Å². The number of hydrogen-bond acceptors (Lipinski definition) is 3. The SMILES string of the molecule is CCCN(CCN)c1ccncc1C1=CC=C(C2=CCc3ccccc32)C1. The molecule has 0 saturated carbocycles. The van der Waals surface area contributed by atoms with Gasteiger partial charge in [-0.05, 0) is 53.2 Å². The van der Waals surface area contributed by atoms with Gasteiger partial charge in [0.2, 0.25) is 0 Å². The van der Waals surface area contributed by atoms with Crippen LogP contribution in [0.25, 0.3) is 11.1 Å². The molecule has 1 aromatic carbocycles. The van der Waals surface area contributed by atoms with Crippen LogP contribution >= 0.6 is 0 Å². The number of fused-ring (bicyclic) bond motifs is 1. The Morgan fingerprint density at radius 3 is 2.74 bits per heavy atom. The molecule has 4 rings (SSSR count). The van der Waals surface area contributed by atoms with Crippen molar-refractivity contribution in [1.29, 1.82) is 0 Å². The van der Waals surface area contributed by atoms with E-state index in [9.17, 15) is 0 Å². The van der Waals surface area contributed by atoms with Crippen LogP contribution in [0.1, 0.15) is 36.5 Å². The molecule has 0 fully saturated rings. The summed E-state index contributed by atoms with van der Waals surface area (Å²) < 4.78 is 0. The Bertz CT molecular complexity index is 915. The summed E-state index contributed by atoms with van der Waals surface area (Å²) in [6.07, 6.45) is 13.9. The molecule has 0 unspecified atom stereocenters. The van der Waals surface area contributed by atoms with Gasteiger partial charge < -0.3 is 10.6 Å². The summed E-state index contributed by atoms with van der Waals surface area (Å²) in [5, 5.41) is 0. The van der Waals surface area contributed by atoms with Gasteiger partial charge >= 0.3 is 0 Å². The molecule has 1 aromatic heterocycles. The van der Waals surface area contributed by atoms with Gasteiger partial charge in [-0.25, -0.2) is 0 Å². The lowest BCUT2D eigenvalue weighted by molar-refractivity contribution is 0.760. The van der Waals surface area contributed by atoms with E-state index in [-0.39, 0.29) is 0 Å². The van der Waals surface area contributed by atoms with Crippen molar-refractivity contribution < 1.29 is 0 Å². The smallest absolute Gasteiger partial charge is 0.0474 e. The first-order chi connectivity index (χ1) is 13.3. The van der Waals surface area contributed by atoms with E-state index >= 15 is 0 Å². The van der Waals surface area contributed by atoms with Gasteiger partial charge in [0.05, 0.1) is 0 Å². The molecule has 2 aliphatic carbocycles. The number of nitrogens with two attached hydrogens (primary N) is 1. The minimum atomic E-state index is 0.661. The maximum Gasteiger partial charge on any atom is 0.0474 e. The lowest BCUT2D eigenvalue weighted by atomic mass is 9.95. The Labute approximate surface area is 161 Å². The van der Waals surface area contributed by atoms with Crippen LogP contribution in [0.15, 0.2) is 66.5 Å². The van der Waals surface area contributed by atoms with E-state index in [1.807, 2.05) is 12.4 Å². The molecule has 3 heteroatoms. The van der Waals surface area contributed by atoms with Crippen molar-refractivity contribution in [2.24, 2.45) is 5.73 Å². The molecular weight excluding hydrogens is 330 g/mol. The number of nitrogens with zero attached hydrogens (tertiary/aromatic N) is 2. The van der Waals surface area contributed by atoms with Gasteiger partial charge in [-0.1, -0.05) is 49.4 Å². The van der Waals surface area contributed by atoms with E-state index in [2.05, 4.69) is 65.4 Å². The topological polar surface area (TPSA) is 42.1 Å². The van der Waals surface area contributed by atoms with Crippen molar-refractivity contribution in [2.45, 2.75) is 26.2 Å². The highest BCUT2D eigenvalue weighted by atomic mass is 15.1. The highest BCUT2D eigenvalue weighted by Crippen LogP contribution is 2.41. The van der Waals surface area contributed by atoms with Gasteiger partial charge in [0.25, 0.3) is 0 Å². The third-order valence-electron chi connectivity index (χ3n) is 5.42. The van der Waals surface area contributed by atoms with Crippen molar-refractivity contribution in [3.8, 4) is 0 Å². The second kappa shape index (κ2) is 7.93. The summed E-state index contributed by atoms with van der Waals surface area (Å²) in [6, 6.07) is 10.9.